The van der Waals surface area contributed by atoms with Gasteiger partial charge in [0.1, 0.15) is 36.6 Å². The number of hydrogen-bond donors (Lipinski definition) is 9. The summed E-state index contributed by atoms with van der Waals surface area (Å²) in [6.07, 6.45) is 32.2. The normalized spacial score (nSPS) is 22.7. The first kappa shape index (κ1) is 61.8. The first-order valence-electron chi connectivity index (χ1n) is 26.4. The maximum Gasteiger partial charge on any atom is 0.472 e. The molecule has 1 aliphatic carbocycles. The van der Waals surface area contributed by atoms with Crippen LogP contribution in [0.3, 0.4) is 0 Å². The van der Waals surface area contributed by atoms with E-state index in [1.807, 2.05) is 0 Å². The number of phosphoric ester groups is 1. The first-order valence-corrected chi connectivity index (χ1v) is 27.9. The van der Waals surface area contributed by atoms with Crippen molar-refractivity contribution in [1.29, 1.82) is 0 Å². The number of carbonyl (C=O) groups excluding carboxylic acids is 1. The maximum atomic E-state index is 13.1. The summed E-state index contributed by atoms with van der Waals surface area (Å²) in [5.41, 5.74) is 0. The SMILES string of the molecule is CCCCCCCCCCC/C=C\C/C=C\CCCCCCCC(O)CC(=O)NC(COP(=O)(O)OC1C(O)C(O)C(O)C(O)C1O)C(O)CCCCCCCCCCCCCCCC. The number of allylic oxidation sites excluding steroid dienone is 4. The van der Waals surface area contributed by atoms with E-state index in [1.54, 1.807) is 0 Å². The molecule has 0 aromatic heterocycles. The second-order valence-electron chi connectivity index (χ2n) is 18.9. The Morgan fingerprint density at radius 1 is 0.538 bits per heavy atom. The van der Waals surface area contributed by atoms with Gasteiger partial charge in [-0.15, -0.1) is 0 Å². The Balaban J connectivity index is 2.44. The number of aliphatic hydroxyl groups is 7. The van der Waals surface area contributed by atoms with Crippen molar-refractivity contribution >= 4 is 13.7 Å². The molecule has 1 amide bonds. The van der Waals surface area contributed by atoms with E-state index >= 15 is 0 Å². The summed E-state index contributed by atoms with van der Waals surface area (Å²) in [6, 6.07) is -1.16. The number of aliphatic hydroxyl groups excluding tert-OH is 7. The minimum absolute atomic E-state index is 0.230. The predicted molar refractivity (Wildman–Crippen MR) is 261 cm³/mol. The van der Waals surface area contributed by atoms with E-state index in [-0.39, 0.29) is 12.8 Å². The molecule has 0 aliphatic heterocycles. The third-order valence-corrected chi connectivity index (χ3v) is 13.8. The second kappa shape index (κ2) is 40.6. The molecule has 1 fully saturated rings. The molecule has 8 unspecified atom stereocenters. The molecule has 0 radical (unpaired) electrons. The summed E-state index contributed by atoms with van der Waals surface area (Å²) in [5.74, 6) is -0.566. The molecule has 65 heavy (non-hydrogen) atoms. The van der Waals surface area contributed by atoms with E-state index in [0.717, 1.165) is 70.6 Å². The summed E-state index contributed by atoms with van der Waals surface area (Å²) in [7, 11) is -5.12. The van der Waals surface area contributed by atoms with Gasteiger partial charge >= 0.3 is 7.82 Å². The molecule has 0 saturated heterocycles. The Morgan fingerprint density at radius 2 is 0.908 bits per heavy atom. The second-order valence-corrected chi connectivity index (χ2v) is 20.3. The summed E-state index contributed by atoms with van der Waals surface area (Å²) in [5, 5.41) is 74.8. The Labute approximate surface area is 394 Å². The van der Waals surface area contributed by atoms with Crippen molar-refractivity contribution in [3.63, 3.8) is 0 Å². The molecule has 8 atom stereocenters. The molecular weight excluding hydrogens is 850 g/mol. The van der Waals surface area contributed by atoms with Crippen molar-refractivity contribution in [2.45, 2.75) is 287 Å². The Kier molecular flexibility index (Phi) is 38.6. The molecule has 1 saturated carbocycles. The Morgan fingerprint density at radius 3 is 1.34 bits per heavy atom. The quantitative estimate of drug-likeness (QED) is 0.0158. The van der Waals surface area contributed by atoms with Crippen molar-refractivity contribution in [2.24, 2.45) is 0 Å². The average molecular weight is 948 g/mol. The maximum absolute atomic E-state index is 13.1. The third kappa shape index (κ3) is 32.3. The van der Waals surface area contributed by atoms with Crippen molar-refractivity contribution in [3.05, 3.63) is 24.3 Å². The first-order chi connectivity index (χ1) is 31.3. The lowest BCUT2D eigenvalue weighted by Gasteiger charge is -2.41. The van der Waals surface area contributed by atoms with Gasteiger partial charge in [-0.05, 0) is 44.9 Å². The molecule has 384 valence electrons. The lowest BCUT2D eigenvalue weighted by molar-refractivity contribution is -0.220. The fourth-order valence-corrected chi connectivity index (χ4v) is 9.48. The van der Waals surface area contributed by atoms with Gasteiger partial charge in [0.2, 0.25) is 5.91 Å². The van der Waals surface area contributed by atoms with E-state index < -0.39 is 75.2 Å². The minimum Gasteiger partial charge on any atom is -0.393 e. The van der Waals surface area contributed by atoms with Gasteiger partial charge in [-0.25, -0.2) is 4.57 Å². The van der Waals surface area contributed by atoms with Gasteiger partial charge in [-0.2, -0.15) is 0 Å². The zero-order valence-corrected chi connectivity index (χ0v) is 41.8. The fraction of sp³-hybridized carbons (Fsp3) is 0.902. The van der Waals surface area contributed by atoms with Gasteiger partial charge in [0.25, 0.3) is 0 Å². The van der Waals surface area contributed by atoms with Crippen LogP contribution >= 0.6 is 7.82 Å². The molecule has 0 bridgehead atoms. The monoisotopic (exact) mass is 948 g/mol. The average Bonchev–Trinajstić information content (AvgIpc) is 3.28. The van der Waals surface area contributed by atoms with Crippen LogP contribution in [0.4, 0.5) is 0 Å². The van der Waals surface area contributed by atoms with Crippen LogP contribution in [0.15, 0.2) is 24.3 Å². The molecule has 0 aromatic carbocycles. The molecular formula is C51H98NO12P. The molecule has 1 rings (SSSR count). The van der Waals surface area contributed by atoms with Crippen LogP contribution in [0.25, 0.3) is 0 Å². The Bertz CT molecular complexity index is 1210. The van der Waals surface area contributed by atoms with Gasteiger partial charge in [-0.3, -0.25) is 13.8 Å². The number of phosphoric acid groups is 1. The number of amides is 1. The zero-order chi connectivity index (χ0) is 48.0. The van der Waals surface area contributed by atoms with Gasteiger partial charge in [0, 0.05) is 0 Å². The highest BCUT2D eigenvalue weighted by molar-refractivity contribution is 7.47. The van der Waals surface area contributed by atoms with Crippen LogP contribution in [0.2, 0.25) is 0 Å². The van der Waals surface area contributed by atoms with Crippen LogP contribution in [-0.2, 0) is 18.4 Å². The Hall–Kier alpha value is -1.22. The third-order valence-electron chi connectivity index (χ3n) is 12.8. The number of rotatable bonds is 44. The summed E-state index contributed by atoms with van der Waals surface area (Å²) < 4.78 is 23.0. The number of hydrogen-bond acceptors (Lipinski definition) is 11. The van der Waals surface area contributed by atoms with Gasteiger partial charge in [-0.1, -0.05) is 205 Å². The van der Waals surface area contributed by atoms with E-state index in [2.05, 4.69) is 43.5 Å². The molecule has 13 nitrogen and oxygen atoms in total. The standard InChI is InChI=1S/C51H98NO12P/c1-3-5-7-9-11-13-15-17-19-20-21-22-23-24-25-26-28-30-32-34-36-38-42(53)40-45(55)52-43(41-63-65(61,62)64-51-49(59)47(57)46(56)48(58)50(51)60)44(54)39-37-35-33-31-29-27-18-16-14-12-10-8-6-4-2/h21-22,24-25,42-44,46-51,53-54,56-60H,3-20,23,26-41H2,1-2H3,(H,52,55)(H,61,62)/b22-21-,25-24-. The number of nitrogens with one attached hydrogen (secondary N) is 1. The molecule has 9 N–H and O–H groups in total. The summed E-state index contributed by atoms with van der Waals surface area (Å²) >= 11 is 0. The van der Waals surface area contributed by atoms with E-state index in [1.165, 1.54) is 122 Å². The highest BCUT2D eigenvalue weighted by atomic mass is 31.2. The number of carbonyl (C=O) groups is 1. The lowest BCUT2D eigenvalue weighted by Crippen LogP contribution is -2.64. The van der Waals surface area contributed by atoms with E-state index in [4.69, 9.17) is 9.05 Å². The van der Waals surface area contributed by atoms with Gasteiger partial charge in [0.05, 0.1) is 31.3 Å². The molecule has 0 heterocycles. The largest absolute Gasteiger partial charge is 0.472 e. The van der Waals surface area contributed by atoms with Crippen molar-refractivity contribution in [2.75, 3.05) is 6.61 Å². The zero-order valence-electron chi connectivity index (χ0n) is 40.9. The summed E-state index contributed by atoms with van der Waals surface area (Å²) in [6.45, 7) is 3.80. The lowest BCUT2D eigenvalue weighted by atomic mass is 9.85. The van der Waals surface area contributed by atoms with Crippen molar-refractivity contribution < 1.29 is 59.0 Å². The van der Waals surface area contributed by atoms with Gasteiger partial charge < -0.3 is 46.0 Å². The van der Waals surface area contributed by atoms with Crippen LogP contribution in [0.1, 0.15) is 232 Å². The van der Waals surface area contributed by atoms with Crippen molar-refractivity contribution in [3.8, 4) is 0 Å². The fourth-order valence-electron chi connectivity index (χ4n) is 8.51. The smallest absolute Gasteiger partial charge is 0.393 e. The van der Waals surface area contributed by atoms with E-state index in [0.29, 0.717) is 12.8 Å². The molecule has 14 heteroatoms. The minimum atomic E-state index is -5.12. The molecule has 1 aliphatic rings. The molecule has 0 aromatic rings. The van der Waals surface area contributed by atoms with Crippen LogP contribution in [-0.4, -0.2) is 108 Å². The van der Waals surface area contributed by atoms with Crippen LogP contribution in [0, 0.1) is 0 Å². The highest BCUT2D eigenvalue weighted by Gasteiger charge is 2.51. The predicted octanol–water partition coefficient (Wildman–Crippen LogP) is 9.93. The van der Waals surface area contributed by atoms with Crippen LogP contribution in [0.5, 0.6) is 0 Å². The topological polar surface area (TPSA) is 226 Å². The van der Waals surface area contributed by atoms with E-state index in [9.17, 15) is 50.0 Å². The molecule has 0 spiro atoms. The number of unbranched alkanes of at least 4 members (excludes halogenated alkanes) is 27. The highest BCUT2D eigenvalue weighted by Crippen LogP contribution is 2.47. The van der Waals surface area contributed by atoms with Crippen LogP contribution < -0.4 is 5.32 Å². The van der Waals surface area contributed by atoms with Crippen molar-refractivity contribution in [1.82, 2.24) is 5.32 Å². The summed E-state index contributed by atoms with van der Waals surface area (Å²) in [4.78, 5) is 23.5. The van der Waals surface area contributed by atoms with Gasteiger partial charge in [0.15, 0.2) is 0 Å².